The zero-order valence-corrected chi connectivity index (χ0v) is 20.7. The van der Waals surface area contributed by atoms with Gasteiger partial charge in [0.15, 0.2) is 0 Å². The monoisotopic (exact) mass is 510 g/mol. The van der Waals surface area contributed by atoms with Crippen molar-refractivity contribution in [3.05, 3.63) is 86.0 Å². The van der Waals surface area contributed by atoms with E-state index in [0.717, 1.165) is 11.1 Å². The number of H-pyrrole nitrogens is 1. The van der Waals surface area contributed by atoms with E-state index < -0.39 is 11.3 Å². The molecule has 3 aromatic rings. The molecule has 0 radical (unpaired) electrons. The fraction of sp³-hybridized carbons (Fsp3) is 0.259. The highest BCUT2D eigenvalue weighted by molar-refractivity contribution is 6.30. The number of hydrogen-bond acceptors (Lipinski definition) is 7. The van der Waals surface area contributed by atoms with Gasteiger partial charge >= 0.3 is 0 Å². The molecule has 0 saturated heterocycles. The molecular weight excluding hydrogens is 484 g/mol. The predicted octanol–water partition coefficient (Wildman–Crippen LogP) is 5.03. The van der Waals surface area contributed by atoms with Gasteiger partial charge in [-0.2, -0.15) is 0 Å². The minimum Gasteiger partial charge on any atom is -0.507 e. The Bertz CT molecular complexity index is 1370. The molecule has 2 aromatic carbocycles. The van der Waals surface area contributed by atoms with Crippen LogP contribution in [0.25, 0.3) is 11.1 Å². The summed E-state index contributed by atoms with van der Waals surface area (Å²) in [6.45, 7) is 4.37. The Hall–Kier alpha value is -3.75. The van der Waals surface area contributed by atoms with Gasteiger partial charge in [-0.15, -0.1) is 0 Å². The molecule has 4 N–H and O–H groups in total. The highest BCUT2D eigenvalue weighted by Gasteiger charge is 2.29. The zero-order valence-electron chi connectivity index (χ0n) is 20.0. The molecule has 1 aromatic heterocycles. The number of aliphatic imine (C=N–C) groups is 1. The summed E-state index contributed by atoms with van der Waals surface area (Å²) in [5.74, 6) is -0.439. The lowest BCUT2D eigenvalue weighted by Crippen LogP contribution is -2.26. The van der Waals surface area contributed by atoms with Gasteiger partial charge in [-0.1, -0.05) is 36.7 Å². The molecule has 4 rings (SSSR count). The summed E-state index contributed by atoms with van der Waals surface area (Å²) in [5.41, 5.74) is 1.29. The average molecular weight is 511 g/mol. The Morgan fingerprint density at radius 2 is 1.72 bits per heavy atom. The van der Waals surface area contributed by atoms with Gasteiger partial charge in [0, 0.05) is 18.1 Å². The van der Waals surface area contributed by atoms with Crippen molar-refractivity contribution in [3.8, 4) is 28.4 Å². The largest absolute Gasteiger partial charge is 0.507 e. The first kappa shape index (κ1) is 25.3. The second-order valence-corrected chi connectivity index (χ2v) is 8.68. The molecule has 1 aliphatic rings. The van der Waals surface area contributed by atoms with Crippen molar-refractivity contribution in [2.24, 2.45) is 4.99 Å². The van der Waals surface area contributed by atoms with Crippen molar-refractivity contribution in [2.75, 3.05) is 13.2 Å². The van der Waals surface area contributed by atoms with Crippen LogP contribution in [0.2, 0.25) is 5.02 Å². The number of allylic oxidation sites excluding steroid dienone is 1. The number of pyridine rings is 1. The lowest BCUT2D eigenvalue weighted by atomic mass is 9.98. The molecule has 0 atom stereocenters. The molecule has 0 spiro atoms. The van der Waals surface area contributed by atoms with Crippen LogP contribution in [0.5, 0.6) is 17.2 Å². The van der Waals surface area contributed by atoms with Gasteiger partial charge < -0.3 is 29.8 Å². The number of hydrogen-bond donors (Lipinski definition) is 4. The minimum atomic E-state index is -0.634. The van der Waals surface area contributed by atoms with Gasteiger partial charge in [0.2, 0.25) is 5.90 Å². The molecule has 1 aliphatic heterocycles. The van der Waals surface area contributed by atoms with Crippen LogP contribution in [0.1, 0.15) is 37.1 Å². The third kappa shape index (κ3) is 5.10. The fourth-order valence-electron chi connectivity index (χ4n) is 4.07. The highest BCUT2D eigenvalue weighted by atomic mass is 35.5. The molecule has 8 nitrogen and oxygen atoms in total. The first-order valence-corrected chi connectivity index (χ1v) is 12.0. The molecule has 0 fully saturated rings. The number of phenolic OH excluding ortho intramolecular Hbond substituents is 2. The number of rotatable bonds is 8. The van der Waals surface area contributed by atoms with Crippen LogP contribution in [0.15, 0.2) is 63.6 Å². The van der Waals surface area contributed by atoms with Crippen LogP contribution in [-0.2, 0) is 22.5 Å². The number of nitrogens with one attached hydrogen (secondary N) is 1. The molecule has 9 heteroatoms. The molecule has 0 bridgehead atoms. The van der Waals surface area contributed by atoms with Crippen molar-refractivity contribution in [3.63, 3.8) is 0 Å². The fourth-order valence-corrected chi connectivity index (χ4v) is 4.19. The molecule has 0 aliphatic carbocycles. The standard InChI is InChI=1S/C27H27ClN2O6/c1-3-16-13-29-27(36-21(16)12-15-8-10-17(28)11-9-15)24-25(33)22(18(14-35-4-2)30-26(24)34)23-19(31)6-5-7-20(23)32/h5-11,31-32H,3-4,12-14H2,1-2H3,(H2,30,33,34). The van der Waals surface area contributed by atoms with Crippen LogP contribution in [0.3, 0.4) is 0 Å². The van der Waals surface area contributed by atoms with Crippen molar-refractivity contribution in [1.29, 1.82) is 0 Å². The minimum absolute atomic E-state index is 0.0319. The van der Waals surface area contributed by atoms with E-state index in [1.165, 1.54) is 18.2 Å². The highest BCUT2D eigenvalue weighted by Crippen LogP contribution is 2.44. The van der Waals surface area contributed by atoms with E-state index in [0.29, 0.717) is 36.8 Å². The van der Waals surface area contributed by atoms with E-state index in [1.54, 1.807) is 19.1 Å². The van der Waals surface area contributed by atoms with Crippen molar-refractivity contribution in [2.45, 2.75) is 33.3 Å². The van der Waals surface area contributed by atoms with Gasteiger partial charge in [0.25, 0.3) is 5.56 Å². The number of nitrogens with zero attached hydrogens (tertiary/aromatic N) is 1. The lowest BCUT2D eigenvalue weighted by molar-refractivity contribution is 0.131. The van der Waals surface area contributed by atoms with Crippen LogP contribution in [0, 0.1) is 0 Å². The lowest BCUT2D eigenvalue weighted by Gasteiger charge is -2.22. The number of ether oxygens (including phenoxy) is 2. The van der Waals surface area contributed by atoms with E-state index in [1.807, 2.05) is 19.1 Å². The van der Waals surface area contributed by atoms with Gasteiger partial charge in [0.05, 0.1) is 30.0 Å². The number of halogens is 1. The molecule has 0 saturated carbocycles. The molecule has 36 heavy (non-hydrogen) atoms. The Morgan fingerprint density at radius 1 is 1.03 bits per heavy atom. The van der Waals surface area contributed by atoms with Crippen LogP contribution in [0.4, 0.5) is 0 Å². The van der Waals surface area contributed by atoms with Crippen molar-refractivity contribution >= 4 is 17.5 Å². The van der Waals surface area contributed by atoms with Gasteiger partial charge in [-0.3, -0.25) is 4.79 Å². The summed E-state index contributed by atoms with van der Waals surface area (Å²) in [5, 5.41) is 33.0. The Balaban J connectivity index is 1.80. The van der Waals surface area contributed by atoms with Gasteiger partial charge in [-0.25, -0.2) is 4.99 Å². The Morgan fingerprint density at radius 3 is 2.36 bits per heavy atom. The quantitative estimate of drug-likeness (QED) is 0.337. The summed E-state index contributed by atoms with van der Waals surface area (Å²) in [4.78, 5) is 20.3. The van der Waals surface area contributed by atoms with Crippen molar-refractivity contribution < 1.29 is 24.8 Å². The molecular formula is C27H27ClN2O6. The maximum Gasteiger partial charge on any atom is 0.264 e. The average Bonchev–Trinajstić information content (AvgIpc) is 2.85. The normalized spacial score (nSPS) is 13.5. The summed E-state index contributed by atoms with van der Waals surface area (Å²) in [6, 6.07) is 11.6. The molecule has 188 valence electrons. The maximum absolute atomic E-state index is 13.1. The van der Waals surface area contributed by atoms with E-state index in [2.05, 4.69) is 9.98 Å². The smallest absolute Gasteiger partial charge is 0.264 e. The second-order valence-electron chi connectivity index (χ2n) is 8.25. The van der Waals surface area contributed by atoms with E-state index in [-0.39, 0.29) is 46.4 Å². The SMILES string of the molecule is CCOCc1[nH]c(=O)c(C2=NCC(CC)=C(Cc3ccc(Cl)cc3)O2)c(O)c1-c1c(O)cccc1O. The summed E-state index contributed by atoms with van der Waals surface area (Å²) >= 11 is 6.01. The third-order valence-corrected chi connectivity index (χ3v) is 6.19. The number of aromatic nitrogens is 1. The Kier molecular flexibility index (Phi) is 7.67. The molecule has 2 heterocycles. The first-order chi connectivity index (χ1) is 17.3. The third-order valence-electron chi connectivity index (χ3n) is 5.93. The van der Waals surface area contributed by atoms with Crippen molar-refractivity contribution in [1.82, 2.24) is 4.98 Å². The predicted molar refractivity (Wildman–Crippen MR) is 138 cm³/mol. The topological polar surface area (TPSA) is 124 Å². The van der Waals surface area contributed by atoms with E-state index in [4.69, 9.17) is 21.1 Å². The van der Waals surface area contributed by atoms with Crippen LogP contribution >= 0.6 is 11.6 Å². The maximum atomic E-state index is 13.1. The Labute approximate surface area is 213 Å². The van der Waals surface area contributed by atoms with Crippen LogP contribution in [-0.4, -0.2) is 39.4 Å². The van der Waals surface area contributed by atoms with Gasteiger partial charge in [-0.05, 0) is 48.7 Å². The molecule has 0 amide bonds. The molecule has 0 unspecified atom stereocenters. The number of aromatic amines is 1. The zero-order chi connectivity index (χ0) is 25.8. The summed E-state index contributed by atoms with van der Waals surface area (Å²) in [7, 11) is 0. The number of phenols is 2. The van der Waals surface area contributed by atoms with Gasteiger partial charge in [0.1, 0.15) is 28.6 Å². The number of aromatic hydroxyl groups is 3. The second kappa shape index (κ2) is 10.9. The van der Waals surface area contributed by atoms with E-state index >= 15 is 0 Å². The number of benzene rings is 2. The summed E-state index contributed by atoms with van der Waals surface area (Å²) < 4.78 is 11.6. The van der Waals surface area contributed by atoms with E-state index in [9.17, 15) is 20.1 Å². The van der Waals surface area contributed by atoms with Crippen LogP contribution < -0.4 is 5.56 Å². The summed E-state index contributed by atoms with van der Waals surface area (Å²) in [6.07, 6.45) is 1.15. The first-order valence-electron chi connectivity index (χ1n) is 11.6.